The fraction of sp³-hybridized carbons (Fsp3) is 0.235. The number of carboxylic acid groups (broad SMARTS) is 1. The standard InChI is InChI=1S/C17H19NO6S/c1-3-14(17(19)20)24-16-11-12(9-10-15(16)23-2)18-25(21,22)13-7-5-4-6-8-13/h4-11,14,18H,3H2,1-2H3,(H,19,20). The molecule has 0 spiro atoms. The van der Waals surface area contributed by atoms with Gasteiger partial charge in [-0.1, -0.05) is 25.1 Å². The number of carbonyl (C=O) groups is 1. The van der Waals surface area contributed by atoms with Crippen molar-refractivity contribution in [3.8, 4) is 11.5 Å². The smallest absolute Gasteiger partial charge is 0.344 e. The number of hydrogen-bond acceptors (Lipinski definition) is 5. The van der Waals surface area contributed by atoms with Crippen molar-refractivity contribution in [2.75, 3.05) is 11.8 Å². The molecule has 25 heavy (non-hydrogen) atoms. The minimum absolute atomic E-state index is 0.116. The summed E-state index contributed by atoms with van der Waals surface area (Å²) >= 11 is 0. The van der Waals surface area contributed by atoms with Crippen LogP contribution in [0.25, 0.3) is 0 Å². The van der Waals surface area contributed by atoms with E-state index in [2.05, 4.69) is 4.72 Å². The van der Waals surface area contributed by atoms with E-state index >= 15 is 0 Å². The van der Waals surface area contributed by atoms with E-state index in [0.717, 1.165) is 0 Å². The Balaban J connectivity index is 2.31. The van der Waals surface area contributed by atoms with Gasteiger partial charge in [-0.3, -0.25) is 4.72 Å². The zero-order valence-electron chi connectivity index (χ0n) is 13.8. The summed E-state index contributed by atoms with van der Waals surface area (Å²) in [6.07, 6.45) is -0.812. The molecule has 0 bridgehead atoms. The Morgan fingerprint density at radius 3 is 2.40 bits per heavy atom. The van der Waals surface area contributed by atoms with Gasteiger partial charge in [0.2, 0.25) is 0 Å². The number of carboxylic acids is 1. The number of sulfonamides is 1. The number of rotatable bonds is 8. The highest BCUT2D eigenvalue weighted by Crippen LogP contribution is 2.32. The molecule has 0 saturated carbocycles. The third kappa shape index (κ3) is 4.63. The minimum Gasteiger partial charge on any atom is -0.493 e. The number of methoxy groups -OCH3 is 1. The van der Waals surface area contributed by atoms with Crippen LogP contribution in [0.3, 0.4) is 0 Å². The lowest BCUT2D eigenvalue weighted by molar-refractivity contribution is -0.145. The summed E-state index contributed by atoms with van der Waals surface area (Å²) in [4.78, 5) is 11.3. The average molecular weight is 365 g/mol. The molecular weight excluding hydrogens is 346 g/mol. The van der Waals surface area contributed by atoms with E-state index in [-0.39, 0.29) is 22.8 Å². The van der Waals surface area contributed by atoms with Gasteiger partial charge < -0.3 is 14.6 Å². The number of nitrogens with one attached hydrogen (secondary N) is 1. The molecule has 0 aliphatic carbocycles. The van der Waals surface area contributed by atoms with Crippen LogP contribution in [0.5, 0.6) is 11.5 Å². The molecule has 2 aromatic carbocycles. The van der Waals surface area contributed by atoms with Crippen LogP contribution in [0.4, 0.5) is 5.69 Å². The summed E-state index contributed by atoms with van der Waals surface area (Å²) in [6.45, 7) is 1.67. The SMILES string of the molecule is CCC(Oc1cc(NS(=O)(=O)c2ccccc2)ccc1OC)C(=O)O. The van der Waals surface area contributed by atoms with Crippen molar-refractivity contribution >= 4 is 21.7 Å². The number of hydrogen-bond donors (Lipinski definition) is 2. The molecule has 0 fully saturated rings. The molecule has 8 heteroatoms. The second-order valence-electron chi connectivity index (χ2n) is 5.14. The van der Waals surface area contributed by atoms with Gasteiger partial charge in [-0.2, -0.15) is 0 Å². The highest BCUT2D eigenvalue weighted by atomic mass is 32.2. The Hall–Kier alpha value is -2.74. The molecule has 0 aliphatic heterocycles. The van der Waals surface area contributed by atoms with Crippen LogP contribution < -0.4 is 14.2 Å². The molecule has 0 amide bonds. The second-order valence-corrected chi connectivity index (χ2v) is 6.82. The first-order valence-corrected chi connectivity index (χ1v) is 9.01. The predicted molar refractivity (Wildman–Crippen MR) is 92.6 cm³/mol. The topological polar surface area (TPSA) is 102 Å². The fourth-order valence-corrected chi connectivity index (χ4v) is 3.18. The zero-order chi connectivity index (χ0) is 18.4. The maximum absolute atomic E-state index is 12.4. The van der Waals surface area contributed by atoms with E-state index < -0.39 is 22.1 Å². The van der Waals surface area contributed by atoms with E-state index in [9.17, 15) is 13.2 Å². The van der Waals surface area contributed by atoms with Crippen LogP contribution in [-0.2, 0) is 14.8 Å². The summed E-state index contributed by atoms with van der Waals surface area (Å²) in [5.41, 5.74) is 0.236. The van der Waals surface area contributed by atoms with Crippen LogP contribution in [0.2, 0.25) is 0 Å². The van der Waals surface area contributed by atoms with Gasteiger partial charge in [0.1, 0.15) is 0 Å². The van der Waals surface area contributed by atoms with Gasteiger partial charge in [0.25, 0.3) is 10.0 Å². The molecule has 1 atom stereocenters. The fourth-order valence-electron chi connectivity index (χ4n) is 2.11. The maximum atomic E-state index is 12.4. The Bertz CT molecular complexity index is 835. The Morgan fingerprint density at radius 2 is 1.84 bits per heavy atom. The summed E-state index contributed by atoms with van der Waals surface area (Å²) in [6, 6.07) is 12.3. The quantitative estimate of drug-likeness (QED) is 0.746. The van der Waals surface area contributed by atoms with Crippen LogP contribution in [0.1, 0.15) is 13.3 Å². The molecule has 2 rings (SSSR count). The molecule has 134 valence electrons. The van der Waals surface area contributed by atoms with Crippen molar-refractivity contribution in [3.05, 3.63) is 48.5 Å². The van der Waals surface area contributed by atoms with E-state index in [4.69, 9.17) is 14.6 Å². The minimum atomic E-state index is -3.76. The molecule has 2 N–H and O–H groups in total. The third-order valence-electron chi connectivity index (χ3n) is 3.38. The highest BCUT2D eigenvalue weighted by molar-refractivity contribution is 7.92. The molecule has 0 aliphatic rings. The van der Waals surface area contributed by atoms with Crippen molar-refractivity contribution in [3.63, 3.8) is 0 Å². The van der Waals surface area contributed by atoms with Crippen molar-refractivity contribution in [2.45, 2.75) is 24.3 Å². The first-order chi connectivity index (χ1) is 11.9. The maximum Gasteiger partial charge on any atom is 0.344 e. The number of aliphatic carboxylic acids is 1. The second kappa shape index (κ2) is 7.89. The lowest BCUT2D eigenvalue weighted by Gasteiger charge is -2.17. The van der Waals surface area contributed by atoms with E-state index in [1.807, 2.05) is 0 Å². The van der Waals surface area contributed by atoms with Crippen LogP contribution in [0, 0.1) is 0 Å². The molecule has 0 aromatic heterocycles. The average Bonchev–Trinajstić information content (AvgIpc) is 2.60. The summed E-state index contributed by atoms with van der Waals surface area (Å²) in [5, 5.41) is 9.13. The Labute approximate surface area is 146 Å². The molecule has 0 radical (unpaired) electrons. The Morgan fingerprint density at radius 1 is 1.16 bits per heavy atom. The lowest BCUT2D eigenvalue weighted by Crippen LogP contribution is -2.26. The van der Waals surface area contributed by atoms with Crippen molar-refractivity contribution < 1.29 is 27.8 Å². The largest absolute Gasteiger partial charge is 0.493 e. The molecular formula is C17H19NO6S. The van der Waals surface area contributed by atoms with Gasteiger partial charge in [0.05, 0.1) is 17.7 Å². The lowest BCUT2D eigenvalue weighted by atomic mass is 10.2. The molecule has 1 unspecified atom stereocenters. The van der Waals surface area contributed by atoms with E-state index in [1.165, 1.54) is 37.4 Å². The molecule has 0 heterocycles. The third-order valence-corrected chi connectivity index (χ3v) is 4.78. The van der Waals surface area contributed by atoms with Crippen molar-refractivity contribution in [1.29, 1.82) is 0 Å². The van der Waals surface area contributed by atoms with Gasteiger partial charge in [-0.05, 0) is 30.7 Å². The summed E-state index contributed by atoms with van der Waals surface area (Å²) < 4.78 is 37.8. The number of ether oxygens (including phenoxy) is 2. The molecule has 0 saturated heterocycles. The highest BCUT2D eigenvalue weighted by Gasteiger charge is 2.20. The summed E-state index contributed by atoms with van der Waals surface area (Å²) in [5.74, 6) is -0.660. The van der Waals surface area contributed by atoms with Crippen molar-refractivity contribution in [2.24, 2.45) is 0 Å². The first kappa shape index (κ1) is 18.6. The Kier molecular flexibility index (Phi) is 5.87. The van der Waals surface area contributed by atoms with E-state index in [0.29, 0.717) is 5.75 Å². The van der Waals surface area contributed by atoms with Crippen LogP contribution >= 0.6 is 0 Å². The van der Waals surface area contributed by atoms with Gasteiger partial charge in [-0.15, -0.1) is 0 Å². The number of benzene rings is 2. The predicted octanol–water partition coefficient (Wildman–Crippen LogP) is 2.74. The van der Waals surface area contributed by atoms with Crippen LogP contribution in [0.15, 0.2) is 53.4 Å². The normalized spacial score (nSPS) is 12.2. The van der Waals surface area contributed by atoms with Gasteiger partial charge in [0, 0.05) is 6.07 Å². The van der Waals surface area contributed by atoms with Crippen LogP contribution in [-0.4, -0.2) is 32.7 Å². The molecule has 7 nitrogen and oxygen atoms in total. The van der Waals surface area contributed by atoms with Gasteiger partial charge in [-0.25, -0.2) is 13.2 Å². The molecule has 2 aromatic rings. The zero-order valence-corrected chi connectivity index (χ0v) is 14.6. The van der Waals surface area contributed by atoms with E-state index in [1.54, 1.807) is 25.1 Å². The monoisotopic (exact) mass is 365 g/mol. The number of anilines is 1. The van der Waals surface area contributed by atoms with Gasteiger partial charge >= 0.3 is 5.97 Å². The van der Waals surface area contributed by atoms with Gasteiger partial charge in [0.15, 0.2) is 17.6 Å². The first-order valence-electron chi connectivity index (χ1n) is 7.52. The van der Waals surface area contributed by atoms with Crippen molar-refractivity contribution in [1.82, 2.24) is 0 Å². The summed E-state index contributed by atoms with van der Waals surface area (Å²) in [7, 11) is -2.35.